The summed E-state index contributed by atoms with van der Waals surface area (Å²) in [5.41, 5.74) is 0. The summed E-state index contributed by atoms with van der Waals surface area (Å²) in [6, 6.07) is 0.232. The molecule has 0 aliphatic heterocycles. The zero-order valence-electron chi connectivity index (χ0n) is 11.2. The fourth-order valence-electron chi connectivity index (χ4n) is 1.82. The molecule has 4 nitrogen and oxygen atoms in total. The molecule has 2 aromatic rings. The van der Waals surface area contributed by atoms with Gasteiger partial charge in [-0.15, -0.1) is 11.3 Å². The van der Waals surface area contributed by atoms with E-state index in [1.807, 2.05) is 18.6 Å². The minimum absolute atomic E-state index is 0.232. The molecule has 0 aliphatic rings. The second-order valence-corrected chi connectivity index (χ2v) is 5.69. The van der Waals surface area contributed by atoms with Crippen molar-refractivity contribution in [1.82, 2.24) is 14.5 Å². The van der Waals surface area contributed by atoms with Crippen LogP contribution in [0, 0.1) is 6.92 Å². The zero-order valence-corrected chi connectivity index (χ0v) is 12.0. The summed E-state index contributed by atoms with van der Waals surface area (Å²) in [7, 11) is 0. The molecule has 0 aliphatic carbocycles. The molecule has 0 radical (unpaired) electrons. The summed E-state index contributed by atoms with van der Waals surface area (Å²) in [5.74, 6) is 0.934. The van der Waals surface area contributed by atoms with Gasteiger partial charge < -0.3 is 9.88 Å². The van der Waals surface area contributed by atoms with Gasteiger partial charge in [-0.25, -0.2) is 9.97 Å². The van der Waals surface area contributed by atoms with E-state index >= 15 is 0 Å². The first-order valence-corrected chi connectivity index (χ1v) is 7.23. The van der Waals surface area contributed by atoms with Crippen molar-refractivity contribution in [3.8, 4) is 0 Å². The van der Waals surface area contributed by atoms with E-state index < -0.39 is 0 Å². The van der Waals surface area contributed by atoms with Gasteiger partial charge in [-0.2, -0.15) is 0 Å². The number of hydrogen-bond acceptors (Lipinski definition) is 4. The molecule has 1 unspecified atom stereocenters. The average molecular weight is 264 g/mol. The Morgan fingerprint density at radius 1 is 1.44 bits per heavy atom. The molecule has 2 rings (SSSR count). The Morgan fingerprint density at radius 3 is 2.94 bits per heavy atom. The van der Waals surface area contributed by atoms with Crippen LogP contribution in [0.4, 0.5) is 5.95 Å². The van der Waals surface area contributed by atoms with Gasteiger partial charge >= 0.3 is 0 Å². The van der Waals surface area contributed by atoms with Crippen LogP contribution in [-0.2, 0) is 0 Å². The molecule has 0 aromatic carbocycles. The van der Waals surface area contributed by atoms with Crippen LogP contribution in [0.5, 0.6) is 0 Å². The van der Waals surface area contributed by atoms with Gasteiger partial charge in [0.05, 0.1) is 6.04 Å². The van der Waals surface area contributed by atoms with Crippen molar-refractivity contribution in [3.63, 3.8) is 0 Å². The van der Waals surface area contributed by atoms with Gasteiger partial charge in [0, 0.05) is 30.0 Å². The van der Waals surface area contributed by atoms with Crippen LogP contribution in [0.25, 0.3) is 0 Å². The number of aryl methyl sites for hydroxylation is 1. The fraction of sp³-hybridized carbons (Fsp3) is 0.538. The quantitative estimate of drug-likeness (QED) is 0.812. The second-order valence-electron chi connectivity index (χ2n) is 4.42. The Hall–Kier alpha value is -1.36. The first kappa shape index (κ1) is 13.1. The van der Waals surface area contributed by atoms with E-state index in [0.29, 0.717) is 0 Å². The summed E-state index contributed by atoms with van der Waals surface area (Å²) < 4.78 is 2.15. The molecule has 18 heavy (non-hydrogen) atoms. The summed E-state index contributed by atoms with van der Waals surface area (Å²) in [6.07, 6.45) is 8.13. The highest BCUT2D eigenvalue weighted by atomic mass is 32.1. The standard InChI is InChI=1S/C13H20N4S/c1-4-5-6-14-13-15-7-8-17(13)11(3)12-16-9-10(2)18-12/h7-9,11H,4-6H2,1-3H3,(H,14,15). The van der Waals surface area contributed by atoms with E-state index in [9.17, 15) is 0 Å². The topological polar surface area (TPSA) is 42.7 Å². The van der Waals surface area contributed by atoms with Crippen molar-refractivity contribution < 1.29 is 0 Å². The summed E-state index contributed by atoms with van der Waals surface area (Å²) in [4.78, 5) is 10.1. The molecule has 1 atom stereocenters. The van der Waals surface area contributed by atoms with Crippen molar-refractivity contribution >= 4 is 17.3 Å². The van der Waals surface area contributed by atoms with E-state index in [2.05, 4.69) is 40.6 Å². The predicted molar refractivity (Wildman–Crippen MR) is 76.3 cm³/mol. The molecular weight excluding hydrogens is 244 g/mol. The number of rotatable bonds is 6. The number of anilines is 1. The Balaban J connectivity index is 2.10. The summed E-state index contributed by atoms with van der Waals surface area (Å²) in [6.45, 7) is 7.40. The molecule has 5 heteroatoms. The fourth-order valence-corrected chi connectivity index (χ4v) is 2.65. The number of nitrogens with one attached hydrogen (secondary N) is 1. The second kappa shape index (κ2) is 6.00. The highest BCUT2D eigenvalue weighted by molar-refractivity contribution is 7.11. The van der Waals surface area contributed by atoms with Crippen LogP contribution in [-0.4, -0.2) is 21.1 Å². The van der Waals surface area contributed by atoms with Crippen LogP contribution in [0.15, 0.2) is 18.6 Å². The van der Waals surface area contributed by atoms with Crippen molar-refractivity contribution in [1.29, 1.82) is 0 Å². The third-order valence-electron chi connectivity index (χ3n) is 2.90. The van der Waals surface area contributed by atoms with Crippen molar-refractivity contribution in [2.75, 3.05) is 11.9 Å². The van der Waals surface area contributed by atoms with E-state index in [0.717, 1.165) is 23.9 Å². The Labute approximate surface area is 112 Å². The molecule has 0 fully saturated rings. The molecule has 98 valence electrons. The number of unbranched alkanes of at least 4 members (excludes halogenated alkanes) is 1. The third kappa shape index (κ3) is 2.90. The Morgan fingerprint density at radius 2 is 2.28 bits per heavy atom. The highest BCUT2D eigenvalue weighted by Crippen LogP contribution is 2.25. The number of thiazole rings is 1. The zero-order chi connectivity index (χ0) is 13.0. The maximum atomic E-state index is 4.45. The van der Waals surface area contributed by atoms with Crippen LogP contribution in [0.2, 0.25) is 0 Å². The Kier molecular flexibility index (Phi) is 4.36. The maximum absolute atomic E-state index is 4.45. The lowest BCUT2D eigenvalue weighted by atomic mass is 10.3. The lowest BCUT2D eigenvalue weighted by Crippen LogP contribution is -2.12. The van der Waals surface area contributed by atoms with Crippen molar-refractivity contribution in [2.45, 2.75) is 39.7 Å². The molecule has 0 amide bonds. The minimum atomic E-state index is 0.232. The third-order valence-corrected chi connectivity index (χ3v) is 3.98. The molecule has 0 saturated carbocycles. The van der Waals surface area contributed by atoms with Gasteiger partial charge in [0.15, 0.2) is 0 Å². The van der Waals surface area contributed by atoms with Crippen molar-refractivity contribution in [3.05, 3.63) is 28.5 Å². The Bertz CT molecular complexity index is 489. The smallest absolute Gasteiger partial charge is 0.203 e. The number of nitrogens with zero attached hydrogens (tertiary/aromatic N) is 3. The lowest BCUT2D eigenvalue weighted by Gasteiger charge is -2.14. The normalized spacial score (nSPS) is 12.6. The van der Waals surface area contributed by atoms with Gasteiger partial charge in [-0.3, -0.25) is 0 Å². The lowest BCUT2D eigenvalue weighted by molar-refractivity contribution is 0.637. The molecule has 1 N–H and O–H groups in total. The largest absolute Gasteiger partial charge is 0.356 e. The summed E-state index contributed by atoms with van der Waals surface area (Å²) >= 11 is 1.74. The first-order chi connectivity index (χ1) is 8.72. The van der Waals surface area contributed by atoms with Crippen molar-refractivity contribution in [2.24, 2.45) is 0 Å². The molecule has 2 aromatic heterocycles. The van der Waals surface area contributed by atoms with Crippen LogP contribution < -0.4 is 5.32 Å². The molecule has 2 heterocycles. The monoisotopic (exact) mass is 264 g/mol. The van der Waals surface area contributed by atoms with Gasteiger partial charge in [0.1, 0.15) is 5.01 Å². The molecule has 0 bridgehead atoms. The van der Waals surface area contributed by atoms with Gasteiger partial charge in [-0.1, -0.05) is 13.3 Å². The highest BCUT2D eigenvalue weighted by Gasteiger charge is 2.14. The molecular formula is C13H20N4S. The maximum Gasteiger partial charge on any atom is 0.203 e. The molecule has 0 saturated heterocycles. The first-order valence-electron chi connectivity index (χ1n) is 6.41. The van der Waals surface area contributed by atoms with Gasteiger partial charge in [-0.05, 0) is 20.3 Å². The predicted octanol–water partition coefficient (Wildman–Crippen LogP) is 3.47. The number of aromatic nitrogens is 3. The van der Waals surface area contributed by atoms with Crippen LogP contribution >= 0.6 is 11.3 Å². The minimum Gasteiger partial charge on any atom is -0.356 e. The van der Waals surface area contributed by atoms with Gasteiger partial charge in [0.25, 0.3) is 0 Å². The van der Waals surface area contributed by atoms with E-state index in [1.54, 1.807) is 11.3 Å². The summed E-state index contributed by atoms with van der Waals surface area (Å²) in [5, 5.41) is 4.51. The van der Waals surface area contributed by atoms with Crippen LogP contribution in [0.1, 0.15) is 42.6 Å². The van der Waals surface area contributed by atoms with Crippen LogP contribution in [0.3, 0.4) is 0 Å². The van der Waals surface area contributed by atoms with E-state index in [4.69, 9.17) is 0 Å². The molecule has 0 spiro atoms. The van der Waals surface area contributed by atoms with E-state index in [1.165, 1.54) is 11.3 Å². The van der Waals surface area contributed by atoms with Gasteiger partial charge in [0.2, 0.25) is 5.95 Å². The average Bonchev–Trinajstić information content (AvgIpc) is 2.97. The number of hydrogen-bond donors (Lipinski definition) is 1. The van der Waals surface area contributed by atoms with E-state index in [-0.39, 0.29) is 6.04 Å². The number of imidazole rings is 1. The SMILES string of the molecule is CCCCNc1nccn1C(C)c1ncc(C)s1.